The van der Waals surface area contributed by atoms with Crippen LogP contribution >= 0.6 is 0 Å². The van der Waals surface area contributed by atoms with E-state index in [4.69, 9.17) is 0 Å². The monoisotopic (exact) mass is 266 g/mol. The third-order valence-corrected chi connectivity index (χ3v) is 2.71. The Kier molecular flexibility index (Phi) is 3.82. The zero-order valence-corrected chi connectivity index (χ0v) is 9.55. The van der Waals surface area contributed by atoms with Crippen LogP contribution < -0.4 is 4.18 Å². The minimum absolute atomic E-state index is 0.253. The van der Waals surface area contributed by atoms with Crippen molar-refractivity contribution in [3.63, 3.8) is 0 Å². The molecule has 0 aromatic heterocycles. The van der Waals surface area contributed by atoms with Crippen molar-refractivity contribution in [2.45, 2.75) is 12.4 Å². The van der Waals surface area contributed by atoms with Crippen LogP contribution in [0.4, 0.5) is 13.2 Å². The molecule has 0 unspecified atom stereocenters. The number of hydrogen-bond donors (Lipinski definition) is 0. The molecule has 1 aromatic carbocycles. The van der Waals surface area contributed by atoms with Crippen LogP contribution in [0.25, 0.3) is 6.08 Å². The summed E-state index contributed by atoms with van der Waals surface area (Å²) in [7, 11) is -5.63. The number of rotatable bonds is 3. The third kappa shape index (κ3) is 3.23. The molecule has 0 atom stereocenters. The van der Waals surface area contributed by atoms with Gasteiger partial charge in [-0.15, -0.1) is 0 Å². The fraction of sp³-hybridized carbons (Fsp3) is 0.200. The number of hydrogen-bond acceptors (Lipinski definition) is 3. The zero-order chi connectivity index (χ0) is 13.1. The maximum absolute atomic E-state index is 12.1. The van der Waals surface area contributed by atoms with E-state index in [9.17, 15) is 21.6 Å². The Morgan fingerprint density at radius 2 is 1.82 bits per heavy atom. The molecule has 0 amide bonds. The minimum Gasteiger partial charge on any atom is -0.375 e. The molecule has 0 spiro atoms. The summed E-state index contributed by atoms with van der Waals surface area (Å²) in [4.78, 5) is 0. The van der Waals surface area contributed by atoms with Gasteiger partial charge in [0.15, 0.2) is 0 Å². The second kappa shape index (κ2) is 4.79. The van der Waals surface area contributed by atoms with Crippen LogP contribution in [-0.4, -0.2) is 13.9 Å². The third-order valence-electron chi connectivity index (χ3n) is 1.75. The van der Waals surface area contributed by atoms with Gasteiger partial charge in [0, 0.05) is 5.56 Å². The Balaban J connectivity index is 3.13. The Morgan fingerprint density at radius 3 is 2.35 bits per heavy atom. The van der Waals surface area contributed by atoms with Gasteiger partial charge in [-0.25, -0.2) is 0 Å². The smallest absolute Gasteiger partial charge is 0.375 e. The van der Waals surface area contributed by atoms with E-state index < -0.39 is 15.6 Å². The van der Waals surface area contributed by atoms with Gasteiger partial charge in [0.25, 0.3) is 0 Å². The lowest BCUT2D eigenvalue weighted by Crippen LogP contribution is -2.28. The van der Waals surface area contributed by atoms with Gasteiger partial charge in [-0.1, -0.05) is 30.4 Å². The predicted octanol–water partition coefficient (Wildman–Crippen LogP) is 2.95. The Labute approximate surface area is 96.6 Å². The number of para-hydroxylation sites is 1. The summed E-state index contributed by atoms with van der Waals surface area (Å²) in [6.07, 6.45) is 3.00. The quantitative estimate of drug-likeness (QED) is 0.624. The molecule has 0 aliphatic carbocycles. The molecule has 94 valence electrons. The predicted molar refractivity (Wildman–Crippen MR) is 56.8 cm³/mol. The standard InChI is InChI=1S/C10H9F3O3S/c1-2-5-8-6-3-4-7-9(8)16-17(14,15)10(11,12)13/h2-7H,1H3. The van der Waals surface area contributed by atoms with Gasteiger partial charge in [0.05, 0.1) is 0 Å². The highest BCUT2D eigenvalue weighted by Crippen LogP contribution is 2.29. The lowest BCUT2D eigenvalue weighted by molar-refractivity contribution is -0.0500. The highest BCUT2D eigenvalue weighted by molar-refractivity contribution is 7.88. The molecule has 0 aliphatic rings. The van der Waals surface area contributed by atoms with E-state index in [0.29, 0.717) is 0 Å². The van der Waals surface area contributed by atoms with Gasteiger partial charge in [-0.2, -0.15) is 21.6 Å². The van der Waals surface area contributed by atoms with Crippen LogP contribution in [0.1, 0.15) is 12.5 Å². The van der Waals surface area contributed by atoms with Crippen LogP contribution in [0.5, 0.6) is 5.75 Å². The Morgan fingerprint density at radius 1 is 1.24 bits per heavy atom. The van der Waals surface area contributed by atoms with Crippen LogP contribution in [0.15, 0.2) is 30.3 Å². The molecule has 0 saturated carbocycles. The summed E-state index contributed by atoms with van der Waals surface area (Å²) in [6.45, 7) is 1.65. The Bertz CT molecular complexity index is 518. The summed E-state index contributed by atoms with van der Waals surface area (Å²) in [5.41, 5.74) is -5.18. The van der Waals surface area contributed by atoms with Gasteiger partial charge in [0.1, 0.15) is 5.75 Å². The topological polar surface area (TPSA) is 43.4 Å². The first-order valence-electron chi connectivity index (χ1n) is 4.50. The van der Waals surface area contributed by atoms with E-state index >= 15 is 0 Å². The van der Waals surface area contributed by atoms with E-state index in [1.54, 1.807) is 19.1 Å². The Hall–Kier alpha value is -1.50. The number of halogens is 3. The molecule has 0 saturated heterocycles. The maximum atomic E-state index is 12.1. The van der Waals surface area contributed by atoms with Gasteiger partial charge in [0.2, 0.25) is 0 Å². The average molecular weight is 266 g/mol. The molecule has 0 fully saturated rings. The van der Waals surface area contributed by atoms with Crippen molar-refractivity contribution in [1.29, 1.82) is 0 Å². The van der Waals surface area contributed by atoms with Crippen molar-refractivity contribution in [1.82, 2.24) is 0 Å². The summed E-state index contributed by atoms with van der Waals surface area (Å²) >= 11 is 0. The molecular weight excluding hydrogens is 257 g/mol. The van der Waals surface area contributed by atoms with Gasteiger partial charge in [-0.05, 0) is 13.0 Å². The van der Waals surface area contributed by atoms with Crippen LogP contribution in [0.2, 0.25) is 0 Å². The molecule has 7 heteroatoms. The van der Waals surface area contributed by atoms with E-state index in [1.165, 1.54) is 18.2 Å². The lowest BCUT2D eigenvalue weighted by atomic mass is 10.2. The molecule has 17 heavy (non-hydrogen) atoms. The van der Waals surface area contributed by atoms with Crippen LogP contribution in [0.3, 0.4) is 0 Å². The fourth-order valence-corrected chi connectivity index (χ4v) is 1.52. The molecule has 0 bridgehead atoms. The van der Waals surface area contributed by atoms with Crippen molar-refractivity contribution in [2.75, 3.05) is 0 Å². The number of allylic oxidation sites excluding steroid dienone is 1. The van der Waals surface area contributed by atoms with Crippen molar-refractivity contribution in [2.24, 2.45) is 0 Å². The average Bonchev–Trinajstić information content (AvgIpc) is 2.19. The number of benzene rings is 1. The fourth-order valence-electron chi connectivity index (χ4n) is 1.04. The minimum atomic E-state index is -5.63. The van der Waals surface area contributed by atoms with Gasteiger partial charge >= 0.3 is 15.6 Å². The molecule has 0 N–H and O–H groups in total. The van der Waals surface area contributed by atoms with E-state index in [-0.39, 0.29) is 11.3 Å². The molecule has 3 nitrogen and oxygen atoms in total. The van der Waals surface area contributed by atoms with Crippen molar-refractivity contribution in [3.05, 3.63) is 35.9 Å². The second-order valence-electron chi connectivity index (χ2n) is 3.02. The number of alkyl halides is 3. The zero-order valence-electron chi connectivity index (χ0n) is 8.73. The molecule has 0 heterocycles. The van der Waals surface area contributed by atoms with E-state index in [0.717, 1.165) is 6.07 Å². The first kappa shape index (κ1) is 13.6. The molecule has 0 radical (unpaired) electrons. The maximum Gasteiger partial charge on any atom is 0.534 e. The highest BCUT2D eigenvalue weighted by Gasteiger charge is 2.48. The van der Waals surface area contributed by atoms with Gasteiger partial charge in [-0.3, -0.25) is 0 Å². The summed E-state index contributed by atoms with van der Waals surface area (Å²) in [5.74, 6) is -0.358. The first-order valence-corrected chi connectivity index (χ1v) is 5.91. The van der Waals surface area contributed by atoms with Crippen molar-refractivity contribution < 1.29 is 25.8 Å². The van der Waals surface area contributed by atoms with E-state index in [2.05, 4.69) is 4.18 Å². The first-order chi connectivity index (χ1) is 7.78. The molecular formula is C10H9F3O3S. The normalized spacial score (nSPS) is 12.9. The molecule has 1 rings (SSSR count). The largest absolute Gasteiger partial charge is 0.534 e. The SMILES string of the molecule is CC=Cc1ccccc1OS(=O)(=O)C(F)(F)F. The summed E-state index contributed by atoms with van der Waals surface area (Å²) in [5, 5.41) is 0. The van der Waals surface area contributed by atoms with Gasteiger partial charge < -0.3 is 4.18 Å². The van der Waals surface area contributed by atoms with E-state index in [1.807, 2.05) is 0 Å². The molecule has 0 aliphatic heterocycles. The second-order valence-corrected chi connectivity index (χ2v) is 4.56. The summed E-state index contributed by atoms with van der Waals surface area (Å²) < 4.78 is 62.0. The van der Waals surface area contributed by atoms with Crippen LogP contribution in [0, 0.1) is 0 Å². The lowest BCUT2D eigenvalue weighted by Gasteiger charge is -2.11. The van der Waals surface area contributed by atoms with Crippen molar-refractivity contribution in [3.8, 4) is 5.75 Å². The van der Waals surface area contributed by atoms with Crippen LogP contribution in [-0.2, 0) is 10.1 Å². The highest BCUT2D eigenvalue weighted by atomic mass is 32.2. The summed E-state index contributed by atoms with van der Waals surface area (Å²) in [6, 6.07) is 5.54. The van der Waals surface area contributed by atoms with Crippen molar-refractivity contribution >= 4 is 16.2 Å². The molecule has 1 aromatic rings.